The van der Waals surface area contributed by atoms with Crippen molar-refractivity contribution in [2.75, 3.05) is 17.8 Å². The van der Waals surface area contributed by atoms with Crippen LogP contribution in [0.15, 0.2) is 53.4 Å². The highest BCUT2D eigenvalue weighted by molar-refractivity contribution is 7.92. The van der Waals surface area contributed by atoms with Gasteiger partial charge in [0, 0.05) is 17.3 Å². The maximum absolute atomic E-state index is 12.6. The van der Waals surface area contributed by atoms with Crippen molar-refractivity contribution in [3.05, 3.63) is 59.7 Å². The van der Waals surface area contributed by atoms with Gasteiger partial charge in [-0.2, -0.15) is 0 Å². The number of anilines is 1. The predicted molar refractivity (Wildman–Crippen MR) is 109 cm³/mol. The Balaban J connectivity index is 0.00000261. The van der Waals surface area contributed by atoms with Crippen LogP contribution in [-0.2, 0) is 10.0 Å². The number of amides is 1. The lowest BCUT2D eigenvalue weighted by Gasteiger charge is -2.23. The summed E-state index contributed by atoms with van der Waals surface area (Å²) in [6.45, 7) is 3.64. The first-order valence-electron chi connectivity index (χ1n) is 8.65. The number of carbonyl (C=O) groups is 1. The van der Waals surface area contributed by atoms with Crippen LogP contribution in [0.2, 0.25) is 0 Å². The molecule has 0 radical (unpaired) electrons. The Hall–Kier alpha value is -2.09. The number of aryl methyl sites for hydroxylation is 1. The molecule has 0 atom stereocenters. The number of carbonyl (C=O) groups excluding carboxylic acids is 1. The molecule has 146 valence electrons. The zero-order valence-electron chi connectivity index (χ0n) is 15.1. The van der Waals surface area contributed by atoms with Gasteiger partial charge in [-0.3, -0.25) is 9.52 Å². The maximum Gasteiger partial charge on any atom is 0.261 e. The standard InChI is InChI=1S/C19H23N3O3S.ClH/c1-14-4-2-6-17(12-14)22-26(24,25)18-7-3-5-15(13-18)19(23)21-16-8-10-20-11-9-16;/h2-7,12-13,16,20,22H,8-11H2,1H3,(H,21,23);1H. The van der Waals surface area contributed by atoms with Crippen molar-refractivity contribution in [3.63, 3.8) is 0 Å². The van der Waals surface area contributed by atoms with E-state index in [0.717, 1.165) is 31.5 Å². The molecule has 3 rings (SSSR count). The fourth-order valence-electron chi connectivity index (χ4n) is 2.96. The molecule has 0 saturated carbocycles. The smallest absolute Gasteiger partial charge is 0.261 e. The Morgan fingerprint density at radius 2 is 1.78 bits per heavy atom. The molecule has 1 fully saturated rings. The van der Waals surface area contributed by atoms with E-state index in [4.69, 9.17) is 0 Å². The molecule has 1 saturated heterocycles. The van der Waals surface area contributed by atoms with Crippen molar-refractivity contribution in [1.29, 1.82) is 0 Å². The van der Waals surface area contributed by atoms with E-state index in [9.17, 15) is 13.2 Å². The van der Waals surface area contributed by atoms with Gasteiger partial charge in [-0.25, -0.2) is 8.42 Å². The van der Waals surface area contributed by atoms with E-state index in [1.165, 1.54) is 12.1 Å². The largest absolute Gasteiger partial charge is 0.349 e. The van der Waals surface area contributed by atoms with Crippen LogP contribution in [0.25, 0.3) is 0 Å². The lowest BCUT2D eigenvalue weighted by molar-refractivity contribution is 0.0929. The minimum absolute atomic E-state index is 0. The summed E-state index contributed by atoms with van der Waals surface area (Å²) in [5.74, 6) is -0.246. The van der Waals surface area contributed by atoms with Gasteiger partial charge < -0.3 is 10.6 Å². The molecule has 1 aliphatic heterocycles. The maximum atomic E-state index is 12.6. The van der Waals surface area contributed by atoms with Crippen LogP contribution in [0.3, 0.4) is 0 Å². The van der Waals surface area contributed by atoms with E-state index in [1.54, 1.807) is 30.3 Å². The number of nitrogens with one attached hydrogen (secondary N) is 3. The third-order valence-electron chi connectivity index (χ3n) is 4.35. The Bertz CT molecular complexity index is 897. The quantitative estimate of drug-likeness (QED) is 0.708. The molecule has 27 heavy (non-hydrogen) atoms. The summed E-state index contributed by atoms with van der Waals surface area (Å²) in [5, 5.41) is 6.22. The average Bonchev–Trinajstić information content (AvgIpc) is 2.62. The topological polar surface area (TPSA) is 87.3 Å². The van der Waals surface area contributed by atoms with Crippen LogP contribution in [0.4, 0.5) is 5.69 Å². The number of hydrogen-bond acceptors (Lipinski definition) is 4. The fraction of sp³-hybridized carbons (Fsp3) is 0.316. The summed E-state index contributed by atoms with van der Waals surface area (Å²) in [6, 6.07) is 13.4. The average molecular weight is 410 g/mol. The molecular formula is C19H24ClN3O3S. The van der Waals surface area contributed by atoms with Crippen LogP contribution in [-0.4, -0.2) is 33.5 Å². The van der Waals surface area contributed by atoms with E-state index >= 15 is 0 Å². The summed E-state index contributed by atoms with van der Waals surface area (Å²) < 4.78 is 27.8. The highest BCUT2D eigenvalue weighted by Gasteiger charge is 2.19. The molecule has 0 bridgehead atoms. The van der Waals surface area contributed by atoms with Crippen LogP contribution in [0.5, 0.6) is 0 Å². The van der Waals surface area contributed by atoms with Crippen molar-refractivity contribution < 1.29 is 13.2 Å². The third-order valence-corrected chi connectivity index (χ3v) is 5.73. The second-order valence-electron chi connectivity index (χ2n) is 6.50. The van der Waals surface area contributed by atoms with Crippen molar-refractivity contribution in [1.82, 2.24) is 10.6 Å². The molecule has 8 heteroatoms. The molecule has 0 unspecified atom stereocenters. The molecule has 2 aromatic rings. The van der Waals surface area contributed by atoms with Gasteiger partial charge in [0.25, 0.3) is 15.9 Å². The van der Waals surface area contributed by atoms with Crippen molar-refractivity contribution >= 4 is 34.0 Å². The monoisotopic (exact) mass is 409 g/mol. The molecule has 2 aromatic carbocycles. The van der Waals surface area contributed by atoms with E-state index in [0.29, 0.717) is 11.3 Å². The van der Waals surface area contributed by atoms with Gasteiger partial charge in [0.1, 0.15) is 0 Å². The van der Waals surface area contributed by atoms with Gasteiger partial charge in [0.2, 0.25) is 0 Å². The van der Waals surface area contributed by atoms with E-state index in [1.807, 2.05) is 13.0 Å². The molecule has 1 heterocycles. The second-order valence-corrected chi connectivity index (χ2v) is 8.18. The highest BCUT2D eigenvalue weighted by atomic mass is 35.5. The first-order chi connectivity index (χ1) is 12.4. The summed E-state index contributed by atoms with van der Waals surface area (Å²) in [6.07, 6.45) is 1.75. The molecule has 1 aliphatic rings. The van der Waals surface area contributed by atoms with E-state index in [2.05, 4.69) is 15.4 Å². The van der Waals surface area contributed by atoms with Crippen molar-refractivity contribution in [2.45, 2.75) is 30.7 Å². The van der Waals surface area contributed by atoms with Gasteiger partial charge >= 0.3 is 0 Å². The molecule has 0 aliphatic carbocycles. The number of rotatable bonds is 5. The van der Waals surface area contributed by atoms with Crippen LogP contribution in [0.1, 0.15) is 28.8 Å². The van der Waals surface area contributed by atoms with Crippen LogP contribution in [0, 0.1) is 6.92 Å². The minimum Gasteiger partial charge on any atom is -0.349 e. The zero-order chi connectivity index (χ0) is 18.6. The third kappa shape index (κ3) is 5.69. The van der Waals surface area contributed by atoms with Gasteiger partial charge in [0.15, 0.2) is 0 Å². The Labute approximate surface area is 166 Å². The van der Waals surface area contributed by atoms with Gasteiger partial charge in [-0.15, -0.1) is 12.4 Å². The molecule has 1 amide bonds. The lowest BCUT2D eigenvalue weighted by Crippen LogP contribution is -2.42. The van der Waals surface area contributed by atoms with Gasteiger partial charge in [-0.1, -0.05) is 18.2 Å². The Kier molecular flexibility index (Phi) is 7.24. The minimum atomic E-state index is -3.76. The number of halogens is 1. The second kappa shape index (κ2) is 9.21. The summed E-state index contributed by atoms with van der Waals surface area (Å²) in [5.41, 5.74) is 1.80. The fourth-order valence-corrected chi connectivity index (χ4v) is 4.06. The predicted octanol–water partition coefficient (Wildman–Crippen LogP) is 2.70. The summed E-state index contributed by atoms with van der Waals surface area (Å²) in [7, 11) is -3.76. The first kappa shape index (κ1) is 21.2. The number of sulfonamides is 1. The van der Waals surface area contributed by atoms with Gasteiger partial charge in [0.05, 0.1) is 4.90 Å². The van der Waals surface area contributed by atoms with Crippen molar-refractivity contribution in [2.24, 2.45) is 0 Å². The Morgan fingerprint density at radius 1 is 1.07 bits per heavy atom. The van der Waals surface area contributed by atoms with Crippen LogP contribution >= 0.6 is 12.4 Å². The molecule has 6 nitrogen and oxygen atoms in total. The highest BCUT2D eigenvalue weighted by Crippen LogP contribution is 2.18. The Morgan fingerprint density at radius 3 is 2.48 bits per heavy atom. The van der Waals surface area contributed by atoms with Crippen LogP contribution < -0.4 is 15.4 Å². The van der Waals surface area contributed by atoms with E-state index in [-0.39, 0.29) is 29.3 Å². The molecule has 0 aromatic heterocycles. The van der Waals surface area contributed by atoms with Gasteiger partial charge in [-0.05, 0) is 68.8 Å². The number of piperidine rings is 1. The summed E-state index contributed by atoms with van der Waals surface area (Å²) in [4.78, 5) is 12.5. The number of benzene rings is 2. The first-order valence-corrected chi connectivity index (χ1v) is 10.1. The lowest BCUT2D eigenvalue weighted by atomic mass is 10.1. The summed E-state index contributed by atoms with van der Waals surface area (Å²) >= 11 is 0. The van der Waals surface area contributed by atoms with Crippen molar-refractivity contribution in [3.8, 4) is 0 Å². The number of hydrogen-bond donors (Lipinski definition) is 3. The SMILES string of the molecule is Cc1cccc(NS(=O)(=O)c2cccc(C(=O)NC3CCNCC3)c2)c1.Cl. The zero-order valence-corrected chi connectivity index (χ0v) is 16.7. The molecular weight excluding hydrogens is 386 g/mol. The molecule has 3 N–H and O–H groups in total. The normalized spacial score (nSPS) is 14.9. The van der Waals surface area contributed by atoms with E-state index < -0.39 is 10.0 Å². The molecule has 0 spiro atoms.